The second-order valence-electron chi connectivity index (χ2n) is 6.19. The molecule has 2 aromatic rings. The third-order valence-electron chi connectivity index (χ3n) is 4.82. The number of nitrogens with zero attached hydrogens (tertiary/aromatic N) is 4. The van der Waals surface area contributed by atoms with Gasteiger partial charge in [0.15, 0.2) is 0 Å². The Bertz CT molecular complexity index is 925. The van der Waals surface area contributed by atoms with Crippen molar-refractivity contribution in [1.29, 1.82) is 0 Å². The molecule has 0 fully saturated rings. The molecule has 0 saturated heterocycles. The fourth-order valence-electron chi connectivity index (χ4n) is 3.69. The molecule has 5 rings (SSSR count). The van der Waals surface area contributed by atoms with Gasteiger partial charge in [-0.05, 0) is 25.0 Å². The lowest BCUT2D eigenvalue weighted by atomic mass is 10.1. The van der Waals surface area contributed by atoms with Crippen molar-refractivity contribution in [3.63, 3.8) is 0 Å². The average Bonchev–Trinajstić information content (AvgIpc) is 3.29. The zero-order valence-corrected chi connectivity index (χ0v) is 13.3. The van der Waals surface area contributed by atoms with E-state index in [9.17, 15) is 4.79 Å². The average molecular weight is 320 g/mol. The molecule has 1 amide bonds. The number of amidine groups is 1. The summed E-state index contributed by atoms with van der Waals surface area (Å²) in [6.45, 7) is 4.02. The highest BCUT2D eigenvalue weighted by molar-refractivity contribution is 6.20. The van der Waals surface area contributed by atoms with Gasteiger partial charge in [-0.3, -0.25) is 9.79 Å². The summed E-state index contributed by atoms with van der Waals surface area (Å²) in [6, 6.07) is 8.06. The first-order chi connectivity index (χ1) is 11.7. The summed E-state index contributed by atoms with van der Waals surface area (Å²) in [4.78, 5) is 26.0. The van der Waals surface area contributed by atoms with Crippen molar-refractivity contribution in [2.45, 2.75) is 13.3 Å². The standard InChI is InChI=1S/C18H16N4O2/c1-11-14(15-16-19-7-9-21(16)10-20-17(15)24-11)18(23)22-8-6-12-4-2-3-5-13(12)22/h2-5,10H,6-9H2,1H3. The highest BCUT2D eigenvalue weighted by atomic mass is 16.4. The quantitative estimate of drug-likeness (QED) is 0.811. The Labute approximate surface area is 139 Å². The van der Waals surface area contributed by atoms with Gasteiger partial charge < -0.3 is 14.2 Å². The van der Waals surface area contributed by atoms with Crippen LogP contribution in [-0.2, 0) is 6.42 Å². The van der Waals surface area contributed by atoms with Crippen molar-refractivity contribution in [2.24, 2.45) is 9.98 Å². The van der Waals surface area contributed by atoms with Crippen molar-refractivity contribution in [2.75, 3.05) is 24.5 Å². The zero-order chi connectivity index (χ0) is 16.3. The Hall–Kier alpha value is -2.89. The molecule has 0 atom stereocenters. The topological polar surface area (TPSA) is 61.4 Å². The first-order valence-corrected chi connectivity index (χ1v) is 8.13. The minimum Gasteiger partial charge on any atom is -0.442 e. The minimum atomic E-state index is -0.0332. The number of carbonyl (C=O) groups is 1. The Morgan fingerprint density at radius 3 is 3.04 bits per heavy atom. The van der Waals surface area contributed by atoms with Gasteiger partial charge >= 0.3 is 0 Å². The molecule has 120 valence electrons. The van der Waals surface area contributed by atoms with Crippen molar-refractivity contribution >= 4 is 29.7 Å². The maximum atomic E-state index is 13.3. The molecule has 24 heavy (non-hydrogen) atoms. The summed E-state index contributed by atoms with van der Waals surface area (Å²) >= 11 is 0. The number of anilines is 1. The van der Waals surface area contributed by atoms with Crippen LogP contribution >= 0.6 is 0 Å². The van der Waals surface area contributed by atoms with Crippen LogP contribution in [-0.4, -0.2) is 42.6 Å². The molecule has 3 aliphatic heterocycles. The Morgan fingerprint density at radius 1 is 1.25 bits per heavy atom. The van der Waals surface area contributed by atoms with Crippen molar-refractivity contribution in [3.05, 3.63) is 46.7 Å². The SMILES string of the molecule is Cc1oc2c(c1C(=O)N1CCc3ccccc31)C1=NCCN1C=N2. The molecule has 1 aromatic carbocycles. The molecule has 4 heterocycles. The van der Waals surface area contributed by atoms with Crippen LogP contribution in [0.25, 0.3) is 0 Å². The molecule has 6 heteroatoms. The third kappa shape index (κ3) is 1.73. The number of benzene rings is 1. The van der Waals surface area contributed by atoms with Gasteiger partial charge in [0.05, 0.1) is 17.7 Å². The van der Waals surface area contributed by atoms with Gasteiger partial charge in [0, 0.05) is 18.8 Å². The van der Waals surface area contributed by atoms with Crippen LogP contribution in [0.3, 0.4) is 0 Å². The predicted octanol–water partition coefficient (Wildman–Crippen LogP) is 2.53. The molecule has 0 spiro atoms. The van der Waals surface area contributed by atoms with E-state index in [1.54, 1.807) is 6.34 Å². The maximum Gasteiger partial charge on any atom is 0.262 e. The van der Waals surface area contributed by atoms with Gasteiger partial charge in [0.25, 0.3) is 5.91 Å². The smallest absolute Gasteiger partial charge is 0.262 e. The number of amides is 1. The molecule has 0 bridgehead atoms. The van der Waals surface area contributed by atoms with Crippen molar-refractivity contribution in [1.82, 2.24) is 4.90 Å². The van der Waals surface area contributed by atoms with E-state index in [4.69, 9.17) is 4.42 Å². The molecule has 0 N–H and O–H groups in total. The molecule has 0 saturated carbocycles. The molecule has 0 unspecified atom stereocenters. The zero-order valence-electron chi connectivity index (χ0n) is 13.3. The highest BCUT2D eigenvalue weighted by Gasteiger charge is 2.36. The third-order valence-corrected chi connectivity index (χ3v) is 4.82. The van der Waals surface area contributed by atoms with E-state index in [-0.39, 0.29) is 5.91 Å². The molecule has 1 aromatic heterocycles. The molecule has 0 radical (unpaired) electrons. The summed E-state index contributed by atoms with van der Waals surface area (Å²) in [5.41, 5.74) is 3.52. The number of fused-ring (bicyclic) bond motifs is 4. The van der Waals surface area contributed by atoms with E-state index in [1.807, 2.05) is 34.9 Å². The van der Waals surface area contributed by atoms with Crippen LogP contribution in [0.15, 0.2) is 38.7 Å². The minimum absolute atomic E-state index is 0.0332. The summed E-state index contributed by atoms with van der Waals surface area (Å²) in [6.07, 6.45) is 2.61. The Morgan fingerprint density at radius 2 is 2.12 bits per heavy atom. The fourth-order valence-corrected chi connectivity index (χ4v) is 3.69. The molecule has 3 aliphatic rings. The molecule has 6 nitrogen and oxygen atoms in total. The van der Waals surface area contributed by atoms with E-state index in [1.165, 1.54) is 5.56 Å². The number of carbonyl (C=O) groups excluding carboxylic acids is 1. The van der Waals surface area contributed by atoms with Crippen molar-refractivity contribution < 1.29 is 9.21 Å². The first-order valence-electron chi connectivity index (χ1n) is 8.13. The summed E-state index contributed by atoms with van der Waals surface area (Å²) in [5.74, 6) is 1.85. The van der Waals surface area contributed by atoms with E-state index >= 15 is 0 Å². The second-order valence-corrected chi connectivity index (χ2v) is 6.19. The normalized spacial score (nSPS) is 17.6. The number of hydrogen-bond donors (Lipinski definition) is 0. The summed E-state index contributed by atoms with van der Waals surface area (Å²) in [7, 11) is 0. The van der Waals surface area contributed by atoms with Crippen LogP contribution in [0.4, 0.5) is 11.6 Å². The lowest BCUT2D eigenvalue weighted by Gasteiger charge is -2.21. The number of aliphatic imine (C=N–C) groups is 2. The van der Waals surface area contributed by atoms with Gasteiger partial charge in [-0.25, -0.2) is 4.99 Å². The fraction of sp³-hybridized carbons (Fsp3) is 0.278. The highest BCUT2D eigenvalue weighted by Crippen LogP contribution is 2.37. The van der Waals surface area contributed by atoms with Crippen LogP contribution < -0.4 is 4.90 Å². The van der Waals surface area contributed by atoms with Gasteiger partial charge in [0.2, 0.25) is 5.88 Å². The van der Waals surface area contributed by atoms with E-state index in [2.05, 4.69) is 16.1 Å². The lowest BCUT2D eigenvalue weighted by Crippen LogP contribution is -2.34. The number of aryl methyl sites for hydroxylation is 1. The number of hydrogen-bond acceptors (Lipinski definition) is 5. The Kier molecular flexibility index (Phi) is 2.71. The van der Waals surface area contributed by atoms with Crippen LogP contribution in [0, 0.1) is 6.92 Å². The van der Waals surface area contributed by atoms with Crippen LogP contribution in [0.2, 0.25) is 0 Å². The first kappa shape index (κ1) is 13.5. The molecule has 0 aliphatic carbocycles. The van der Waals surface area contributed by atoms with Gasteiger partial charge in [-0.1, -0.05) is 18.2 Å². The number of furan rings is 1. The Balaban J connectivity index is 1.63. The van der Waals surface area contributed by atoms with E-state index in [0.717, 1.165) is 30.1 Å². The molecular formula is C18H16N4O2. The summed E-state index contributed by atoms with van der Waals surface area (Å²) < 4.78 is 5.76. The van der Waals surface area contributed by atoms with Crippen molar-refractivity contribution in [3.8, 4) is 0 Å². The van der Waals surface area contributed by atoms with E-state index in [0.29, 0.717) is 30.3 Å². The molecular weight excluding hydrogens is 304 g/mol. The largest absolute Gasteiger partial charge is 0.442 e. The van der Waals surface area contributed by atoms with Crippen LogP contribution in [0.5, 0.6) is 0 Å². The summed E-state index contributed by atoms with van der Waals surface area (Å²) in [5, 5.41) is 0. The maximum absolute atomic E-state index is 13.3. The van der Waals surface area contributed by atoms with Crippen LogP contribution in [0.1, 0.15) is 27.2 Å². The predicted molar refractivity (Wildman–Crippen MR) is 91.5 cm³/mol. The monoisotopic (exact) mass is 320 g/mol. The van der Waals surface area contributed by atoms with Gasteiger partial charge in [-0.15, -0.1) is 0 Å². The lowest BCUT2D eigenvalue weighted by molar-refractivity contribution is 0.0987. The van der Waals surface area contributed by atoms with E-state index < -0.39 is 0 Å². The number of para-hydroxylation sites is 1. The number of rotatable bonds is 1. The van der Waals surface area contributed by atoms with Gasteiger partial charge in [0.1, 0.15) is 17.9 Å². The van der Waals surface area contributed by atoms with Gasteiger partial charge in [-0.2, -0.15) is 0 Å². The second kappa shape index (κ2) is 4.80.